The molecule has 0 amide bonds. The predicted molar refractivity (Wildman–Crippen MR) is 127 cm³/mol. The summed E-state index contributed by atoms with van der Waals surface area (Å²) in [5, 5.41) is 20.5. The number of hydrogen-bond acceptors (Lipinski definition) is 7. The minimum Gasteiger partial charge on any atom is -0.459 e. The van der Waals surface area contributed by atoms with Gasteiger partial charge in [0.25, 0.3) is 0 Å². The van der Waals surface area contributed by atoms with Gasteiger partial charge in [0.15, 0.2) is 0 Å². The first-order valence-electron chi connectivity index (χ1n) is 12.4. The van der Waals surface area contributed by atoms with Crippen molar-refractivity contribution >= 4 is 17.4 Å². The van der Waals surface area contributed by atoms with E-state index in [1.165, 1.54) is 19.6 Å². The van der Waals surface area contributed by atoms with Crippen LogP contribution in [0.25, 0.3) is 0 Å². The number of nitrogens with zero attached hydrogens (tertiary/aromatic N) is 2. The standard InChI is InChI=1S/C26H40N2O5/c1-16-13-19-20(24(3)10-7-18(27-31-5)14-22(16)24)8-11-25(4)21(19)9-12-26(25,30)23(28-32-6)15-33-17(2)29/h14,16,19-21,30H,7-13,15H2,1-6H3/b27-18-,28-23-/t16?,19-,20+,21+,24-,25+,26+/m1/s1. The van der Waals surface area contributed by atoms with E-state index in [1.54, 1.807) is 7.11 Å². The summed E-state index contributed by atoms with van der Waals surface area (Å²) in [7, 11) is 3.09. The molecule has 0 radical (unpaired) electrons. The maximum Gasteiger partial charge on any atom is 0.303 e. The minimum atomic E-state index is -1.13. The number of allylic oxidation sites excluding steroid dienone is 2. The average molecular weight is 461 g/mol. The highest BCUT2D eigenvalue weighted by Crippen LogP contribution is 2.68. The van der Waals surface area contributed by atoms with Crippen LogP contribution >= 0.6 is 0 Å². The first-order chi connectivity index (χ1) is 15.6. The number of oxime groups is 2. The Labute approximate surface area is 197 Å². The summed E-state index contributed by atoms with van der Waals surface area (Å²) in [6, 6.07) is 0. The van der Waals surface area contributed by atoms with Gasteiger partial charge in [-0.15, -0.1) is 0 Å². The summed E-state index contributed by atoms with van der Waals surface area (Å²) < 4.78 is 5.26. The summed E-state index contributed by atoms with van der Waals surface area (Å²) in [4.78, 5) is 21.6. The fourth-order valence-electron chi connectivity index (χ4n) is 8.18. The van der Waals surface area contributed by atoms with Crippen molar-refractivity contribution in [2.45, 2.75) is 78.2 Å². The van der Waals surface area contributed by atoms with E-state index in [1.807, 2.05) is 0 Å². The molecule has 0 heterocycles. The largest absolute Gasteiger partial charge is 0.459 e. The molecular weight excluding hydrogens is 420 g/mol. The highest BCUT2D eigenvalue weighted by atomic mass is 16.6. The van der Waals surface area contributed by atoms with Gasteiger partial charge in [-0.1, -0.05) is 36.7 Å². The number of aliphatic hydroxyl groups is 1. The molecule has 4 aliphatic carbocycles. The number of ether oxygens (including phenoxy) is 1. The molecule has 7 nitrogen and oxygen atoms in total. The first-order valence-corrected chi connectivity index (χ1v) is 12.4. The number of carbonyl (C=O) groups excluding carboxylic acids is 1. The fraction of sp³-hybridized carbons (Fsp3) is 0.808. The molecule has 4 aliphatic rings. The molecule has 1 N–H and O–H groups in total. The van der Waals surface area contributed by atoms with E-state index < -0.39 is 5.60 Å². The van der Waals surface area contributed by atoms with Crippen LogP contribution in [0.3, 0.4) is 0 Å². The molecule has 184 valence electrons. The third-order valence-corrected chi connectivity index (χ3v) is 9.75. The Morgan fingerprint density at radius 1 is 1.15 bits per heavy atom. The van der Waals surface area contributed by atoms with E-state index in [0.29, 0.717) is 35.8 Å². The minimum absolute atomic E-state index is 0.0291. The van der Waals surface area contributed by atoms with Gasteiger partial charge < -0.3 is 19.5 Å². The van der Waals surface area contributed by atoms with Gasteiger partial charge >= 0.3 is 5.97 Å². The summed E-state index contributed by atoms with van der Waals surface area (Å²) in [5.41, 5.74) is 1.74. The highest BCUT2D eigenvalue weighted by molar-refractivity contribution is 5.96. The molecule has 0 spiro atoms. The van der Waals surface area contributed by atoms with Crippen LogP contribution in [-0.2, 0) is 19.2 Å². The third kappa shape index (κ3) is 3.71. The van der Waals surface area contributed by atoms with Crippen molar-refractivity contribution in [3.05, 3.63) is 11.6 Å². The van der Waals surface area contributed by atoms with E-state index in [0.717, 1.165) is 44.2 Å². The molecular formula is C26H40N2O5. The molecule has 33 heavy (non-hydrogen) atoms. The van der Waals surface area contributed by atoms with Crippen molar-refractivity contribution in [2.75, 3.05) is 20.8 Å². The zero-order chi connectivity index (χ0) is 24.0. The van der Waals surface area contributed by atoms with Gasteiger partial charge in [0.2, 0.25) is 0 Å². The molecule has 3 saturated carbocycles. The van der Waals surface area contributed by atoms with Crippen molar-refractivity contribution in [3.8, 4) is 0 Å². The first kappa shape index (κ1) is 24.2. The van der Waals surface area contributed by atoms with Crippen LogP contribution in [0.15, 0.2) is 22.0 Å². The molecule has 0 saturated heterocycles. The molecule has 7 heteroatoms. The molecule has 7 atom stereocenters. The molecule has 0 aliphatic heterocycles. The Bertz CT molecular complexity index is 882. The topological polar surface area (TPSA) is 89.7 Å². The number of rotatable bonds is 5. The SMILES string of the molecule is CO/N=C1\C=C2C(C)C[C@@H]3[C@H](CC[C@@]4(C)[C@H]3CC[C@]4(O)/C(COC(C)=O)=N\OC)[C@@]2(C)CC1. The quantitative estimate of drug-likeness (QED) is 0.371. The van der Waals surface area contributed by atoms with Crippen LogP contribution in [0.2, 0.25) is 0 Å². The molecule has 0 bridgehead atoms. The lowest BCUT2D eigenvalue weighted by Gasteiger charge is -2.60. The van der Waals surface area contributed by atoms with Crippen molar-refractivity contribution in [3.63, 3.8) is 0 Å². The van der Waals surface area contributed by atoms with Crippen LogP contribution in [0.5, 0.6) is 0 Å². The third-order valence-electron chi connectivity index (χ3n) is 9.75. The normalized spacial score (nSPS) is 43.8. The van der Waals surface area contributed by atoms with E-state index in [-0.39, 0.29) is 23.4 Å². The second-order valence-electron chi connectivity index (χ2n) is 11.2. The lowest BCUT2D eigenvalue weighted by atomic mass is 9.44. The summed E-state index contributed by atoms with van der Waals surface area (Å²) in [6.07, 6.45) is 9.05. The Morgan fingerprint density at radius 3 is 2.55 bits per heavy atom. The smallest absolute Gasteiger partial charge is 0.303 e. The van der Waals surface area contributed by atoms with Crippen LogP contribution in [0.1, 0.15) is 72.6 Å². The van der Waals surface area contributed by atoms with E-state index in [2.05, 4.69) is 37.2 Å². The molecule has 0 aromatic heterocycles. The Balaban J connectivity index is 1.66. The van der Waals surface area contributed by atoms with E-state index >= 15 is 0 Å². The van der Waals surface area contributed by atoms with Crippen LogP contribution < -0.4 is 0 Å². The fourth-order valence-corrected chi connectivity index (χ4v) is 8.18. The van der Waals surface area contributed by atoms with Gasteiger partial charge in [0, 0.05) is 12.3 Å². The zero-order valence-corrected chi connectivity index (χ0v) is 21.0. The number of carbonyl (C=O) groups is 1. The second-order valence-corrected chi connectivity index (χ2v) is 11.2. The van der Waals surface area contributed by atoms with Crippen LogP contribution in [-0.4, -0.2) is 48.9 Å². The second kappa shape index (κ2) is 8.71. The van der Waals surface area contributed by atoms with Crippen LogP contribution in [0, 0.1) is 34.5 Å². The number of fused-ring (bicyclic) bond motifs is 5. The van der Waals surface area contributed by atoms with E-state index in [9.17, 15) is 9.90 Å². The Morgan fingerprint density at radius 2 is 1.88 bits per heavy atom. The zero-order valence-electron chi connectivity index (χ0n) is 21.0. The molecule has 0 aromatic rings. The lowest BCUT2D eigenvalue weighted by molar-refractivity contribution is -0.140. The maximum absolute atomic E-state index is 12.1. The number of hydrogen-bond donors (Lipinski definition) is 1. The van der Waals surface area contributed by atoms with Crippen molar-refractivity contribution in [2.24, 2.45) is 44.8 Å². The Kier molecular flexibility index (Phi) is 6.40. The van der Waals surface area contributed by atoms with Crippen molar-refractivity contribution in [1.82, 2.24) is 0 Å². The predicted octanol–water partition coefficient (Wildman–Crippen LogP) is 4.49. The van der Waals surface area contributed by atoms with Gasteiger partial charge in [0.05, 0.1) is 5.71 Å². The van der Waals surface area contributed by atoms with E-state index in [4.69, 9.17) is 14.4 Å². The summed E-state index contributed by atoms with van der Waals surface area (Å²) in [5.74, 6) is 1.64. The average Bonchev–Trinajstić information content (AvgIpc) is 3.04. The Hall–Kier alpha value is -1.89. The monoisotopic (exact) mass is 460 g/mol. The summed E-state index contributed by atoms with van der Waals surface area (Å²) >= 11 is 0. The van der Waals surface area contributed by atoms with Crippen LogP contribution in [0.4, 0.5) is 0 Å². The van der Waals surface area contributed by atoms with Gasteiger partial charge in [-0.3, -0.25) is 4.79 Å². The van der Waals surface area contributed by atoms with Crippen molar-refractivity contribution in [1.29, 1.82) is 0 Å². The van der Waals surface area contributed by atoms with Gasteiger partial charge in [-0.2, -0.15) is 0 Å². The molecule has 4 rings (SSSR count). The lowest BCUT2D eigenvalue weighted by Crippen LogP contribution is -2.59. The molecule has 1 unspecified atom stereocenters. The van der Waals surface area contributed by atoms with Gasteiger partial charge in [0.1, 0.15) is 32.1 Å². The maximum atomic E-state index is 12.1. The highest BCUT2D eigenvalue weighted by Gasteiger charge is 2.66. The van der Waals surface area contributed by atoms with Crippen molar-refractivity contribution < 1.29 is 24.3 Å². The number of esters is 1. The molecule has 3 fully saturated rings. The van der Waals surface area contributed by atoms with Gasteiger partial charge in [-0.25, -0.2) is 0 Å². The van der Waals surface area contributed by atoms with Gasteiger partial charge in [-0.05, 0) is 80.1 Å². The molecule has 0 aromatic carbocycles. The summed E-state index contributed by atoms with van der Waals surface area (Å²) in [6.45, 7) is 8.38.